The standard InChI is InChI=1S/C13H23N3/c1-10(2)16-7-5-13(15-16)9-12-4-6-14-11(3)8-12/h5,7,10-12,14H,4,6,8-9H2,1-3H3. The highest BCUT2D eigenvalue weighted by Crippen LogP contribution is 2.20. The summed E-state index contributed by atoms with van der Waals surface area (Å²) in [5, 5.41) is 8.12. The Balaban J connectivity index is 1.92. The van der Waals surface area contributed by atoms with Crippen LogP contribution in [-0.2, 0) is 6.42 Å². The third kappa shape index (κ3) is 2.85. The number of nitrogens with one attached hydrogen (secondary N) is 1. The van der Waals surface area contributed by atoms with Gasteiger partial charge in [0.2, 0.25) is 0 Å². The van der Waals surface area contributed by atoms with Gasteiger partial charge in [0.05, 0.1) is 5.69 Å². The molecule has 2 unspecified atom stereocenters. The first-order valence-corrected chi connectivity index (χ1v) is 6.42. The lowest BCUT2D eigenvalue weighted by atomic mass is 9.89. The molecule has 3 heteroatoms. The fourth-order valence-corrected chi connectivity index (χ4v) is 2.49. The lowest BCUT2D eigenvalue weighted by Crippen LogP contribution is -2.36. The first-order valence-electron chi connectivity index (χ1n) is 6.42. The van der Waals surface area contributed by atoms with E-state index in [1.54, 1.807) is 0 Å². The van der Waals surface area contributed by atoms with Crippen LogP contribution in [0, 0.1) is 5.92 Å². The van der Waals surface area contributed by atoms with Gasteiger partial charge in [0, 0.05) is 18.3 Å². The van der Waals surface area contributed by atoms with Crippen molar-refractivity contribution >= 4 is 0 Å². The summed E-state index contributed by atoms with van der Waals surface area (Å²) < 4.78 is 2.06. The molecular weight excluding hydrogens is 198 g/mol. The predicted octanol–water partition coefficient (Wildman–Crippen LogP) is 2.39. The van der Waals surface area contributed by atoms with Gasteiger partial charge >= 0.3 is 0 Å². The lowest BCUT2D eigenvalue weighted by Gasteiger charge is -2.27. The minimum atomic E-state index is 0.473. The van der Waals surface area contributed by atoms with Crippen LogP contribution in [0.4, 0.5) is 0 Å². The molecule has 0 amide bonds. The smallest absolute Gasteiger partial charge is 0.0627 e. The molecule has 1 N–H and O–H groups in total. The Bertz CT molecular complexity index is 330. The van der Waals surface area contributed by atoms with Crippen LogP contribution in [0.15, 0.2) is 12.3 Å². The Morgan fingerprint density at radius 3 is 3.00 bits per heavy atom. The molecule has 0 aliphatic carbocycles. The van der Waals surface area contributed by atoms with E-state index < -0.39 is 0 Å². The highest BCUT2D eigenvalue weighted by Gasteiger charge is 2.19. The van der Waals surface area contributed by atoms with Crippen LogP contribution in [0.3, 0.4) is 0 Å². The summed E-state index contributed by atoms with van der Waals surface area (Å²) in [7, 11) is 0. The summed E-state index contributed by atoms with van der Waals surface area (Å²) in [5.41, 5.74) is 1.26. The van der Waals surface area contributed by atoms with E-state index in [9.17, 15) is 0 Å². The Labute approximate surface area is 98.2 Å². The second-order valence-electron chi connectivity index (χ2n) is 5.33. The van der Waals surface area contributed by atoms with Crippen molar-refractivity contribution < 1.29 is 0 Å². The molecule has 0 radical (unpaired) electrons. The van der Waals surface area contributed by atoms with E-state index in [-0.39, 0.29) is 0 Å². The van der Waals surface area contributed by atoms with Gasteiger partial charge < -0.3 is 5.32 Å². The van der Waals surface area contributed by atoms with E-state index in [0.29, 0.717) is 12.1 Å². The van der Waals surface area contributed by atoms with E-state index in [2.05, 4.69) is 48.1 Å². The molecule has 1 aliphatic heterocycles. The fraction of sp³-hybridized carbons (Fsp3) is 0.769. The monoisotopic (exact) mass is 221 g/mol. The topological polar surface area (TPSA) is 29.9 Å². The minimum Gasteiger partial charge on any atom is -0.314 e. The number of piperidine rings is 1. The van der Waals surface area contributed by atoms with Gasteiger partial charge in [0.1, 0.15) is 0 Å². The van der Waals surface area contributed by atoms with Crippen molar-refractivity contribution in [3.8, 4) is 0 Å². The highest BCUT2D eigenvalue weighted by atomic mass is 15.3. The van der Waals surface area contributed by atoms with Crippen molar-refractivity contribution in [2.75, 3.05) is 6.54 Å². The zero-order chi connectivity index (χ0) is 11.5. The van der Waals surface area contributed by atoms with Crippen molar-refractivity contribution in [2.24, 2.45) is 5.92 Å². The summed E-state index contributed by atoms with van der Waals surface area (Å²) in [6, 6.07) is 3.32. The van der Waals surface area contributed by atoms with Crippen molar-refractivity contribution in [3.05, 3.63) is 18.0 Å². The minimum absolute atomic E-state index is 0.473. The van der Waals surface area contributed by atoms with Crippen molar-refractivity contribution in [1.29, 1.82) is 0 Å². The van der Waals surface area contributed by atoms with E-state index in [1.165, 1.54) is 18.5 Å². The van der Waals surface area contributed by atoms with Crippen molar-refractivity contribution in [2.45, 2.75) is 52.1 Å². The molecule has 2 rings (SSSR count). The van der Waals surface area contributed by atoms with Crippen LogP contribution in [-0.4, -0.2) is 22.4 Å². The summed E-state index contributed by atoms with van der Waals surface area (Å²) >= 11 is 0. The van der Waals surface area contributed by atoms with Crippen LogP contribution in [0.25, 0.3) is 0 Å². The quantitative estimate of drug-likeness (QED) is 0.849. The molecule has 16 heavy (non-hydrogen) atoms. The maximum atomic E-state index is 4.63. The molecule has 2 atom stereocenters. The molecule has 1 aliphatic rings. The lowest BCUT2D eigenvalue weighted by molar-refractivity contribution is 0.311. The average Bonchev–Trinajstić information content (AvgIpc) is 2.66. The van der Waals surface area contributed by atoms with Gasteiger partial charge in [0.25, 0.3) is 0 Å². The zero-order valence-corrected chi connectivity index (χ0v) is 10.6. The average molecular weight is 221 g/mol. The highest BCUT2D eigenvalue weighted by molar-refractivity contribution is 5.01. The number of hydrogen-bond acceptors (Lipinski definition) is 2. The van der Waals surface area contributed by atoms with E-state index in [1.807, 2.05) is 0 Å². The van der Waals surface area contributed by atoms with Crippen molar-refractivity contribution in [1.82, 2.24) is 15.1 Å². The largest absolute Gasteiger partial charge is 0.314 e. The third-order valence-corrected chi connectivity index (χ3v) is 3.42. The summed E-state index contributed by atoms with van der Waals surface area (Å²) in [4.78, 5) is 0. The van der Waals surface area contributed by atoms with Gasteiger partial charge in [-0.2, -0.15) is 5.10 Å². The molecule has 1 fully saturated rings. The van der Waals surface area contributed by atoms with Gasteiger partial charge in [-0.15, -0.1) is 0 Å². The van der Waals surface area contributed by atoms with E-state index in [0.717, 1.165) is 18.9 Å². The van der Waals surface area contributed by atoms with Crippen LogP contribution in [0.5, 0.6) is 0 Å². The van der Waals surface area contributed by atoms with E-state index in [4.69, 9.17) is 0 Å². The van der Waals surface area contributed by atoms with Crippen LogP contribution in [0.2, 0.25) is 0 Å². The van der Waals surface area contributed by atoms with Gasteiger partial charge in [0.15, 0.2) is 0 Å². The maximum Gasteiger partial charge on any atom is 0.0627 e. The second-order valence-corrected chi connectivity index (χ2v) is 5.33. The SMILES string of the molecule is CC1CC(Cc2ccn(C(C)C)n2)CCN1. The van der Waals surface area contributed by atoms with Crippen LogP contribution >= 0.6 is 0 Å². The first-order chi connectivity index (χ1) is 7.65. The molecule has 1 aromatic rings. The molecule has 1 saturated heterocycles. The molecular formula is C13H23N3. The Hall–Kier alpha value is -0.830. The van der Waals surface area contributed by atoms with Gasteiger partial charge in [-0.25, -0.2) is 0 Å². The normalized spacial score (nSPS) is 26.2. The summed E-state index contributed by atoms with van der Waals surface area (Å²) in [6.07, 6.45) is 5.82. The fourth-order valence-electron chi connectivity index (χ4n) is 2.49. The van der Waals surface area contributed by atoms with Gasteiger partial charge in [-0.05, 0) is 58.6 Å². The van der Waals surface area contributed by atoms with Gasteiger partial charge in [-0.1, -0.05) is 0 Å². The van der Waals surface area contributed by atoms with Crippen molar-refractivity contribution in [3.63, 3.8) is 0 Å². The summed E-state index contributed by atoms with van der Waals surface area (Å²) in [6.45, 7) is 7.78. The van der Waals surface area contributed by atoms with E-state index >= 15 is 0 Å². The molecule has 90 valence electrons. The van der Waals surface area contributed by atoms with Crippen LogP contribution < -0.4 is 5.32 Å². The molecule has 0 bridgehead atoms. The second kappa shape index (κ2) is 5.00. The Morgan fingerprint density at radius 2 is 2.38 bits per heavy atom. The zero-order valence-electron chi connectivity index (χ0n) is 10.6. The Kier molecular flexibility index (Phi) is 3.64. The number of nitrogens with zero attached hydrogens (tertiary/aromatic N) is 2. The molecule has 0 aromatic carbocycles. The number of hydrogen-bond donors (Lipinski definition) is 1. The molecule has 1 aromatic heterocycles. The number of aromatic nitrogens is 2. The Morgan fingerprint density at radius 1 is 1.56 bits per heavy atom. The molecule has 0 spiro atoms. The van der Waals surface area contributed by atoms with Gasteiger partial charge in [-0.3, -0.25) is 4.68 Å². The molecule has 2 heterocycles. The maximum absolute atomic E-state index is 4.63. The third-order valence-electron chi connectivity index (χ3n) is 3.42. The predicted molar refractivity (Wildman–Crippen MR) is 66.5 cm³/mol. The first kappa shape index (κ1) is 11.6. The molecule has 3 nitrogen and oxygen atoms in total. The molecule has 0 saturated carbocycles. The number of rotatable bonds is 3. The summed E-state index contributed by atoms with van der Waals surface area (Å²) in [5.74, 6) is 0.812. The van der Waals surface area contributed by atoms with Crippen LogP contribution in [0.1, 0.15) is 45.3 Å².